The summed E-state index contributed by atoms with van der Waals surface area (Å²) in [6, 6.07) is 103. The monoisotopic (exact) mass is 1010 g/mol. The van der Waals surface area contributed by atoms with Gasteiger partial charge in [-0.2, -0.15) is 0 Å². The molecule has 0 fully saturated rings. The zero-order valence-corrected chi connectivity index (χ0v) is 43.7. The maximum atomic E-state index is 3.44. The molecule has 0 saturated heterocycles. The summed E-state index contributed by atoms with van der Waals surface area (Å²) in [6.07, 6.45) is 0. The lowest BCUT2D eigenvalue weighted by atomic mass is 9.97. The van der Waals surface area contributed by atoms with Gasteiger partial charge in [0.1, 0.15) is 0 Å². The Hall–Kier alpha value is -11.1. The van der Waals surface area contributed by atoms with Gasteiger partial charge in [-0.1, -0.05) is 241 Å². The molecule has 80 heavy (non-hydrogen) atoms. The van der Waals surface area contributed by atoms with Crippen molar-refractivity contribution in [3.63, 3.8) is 0 Å². The first-order valence-corrected chi connectivity index (χ1v) is 26.9. The van der Waals surface area contributed by atoms with Gasteiger partial charge in [0.15, 0.2) is 0 Å². The number of hydrogen-bond acceptors (Lipinski definition) is 0. The maximum absolute atomic E-state index is 3.44. The van der Waals surface area contributed by atoms with E-state index in [1.165, 1.54) is 0 Å². The summed E-state index contributed by atoms with van der Waals surface area (Å²) < 4.78 is 0. The van der Waals surface area contributed by atoms with E-state index in [2.05, 4.69) is 339 Å². The molecule has 12 aromatic carbocycles. The molecule has 0 atom stereocenters. The van der Waals surface area contributed by atoms with Gasteiger partial charge in [-0.3, -0.25) is 0 Å². The fourth-order valence-corrected chi connectivity index (χ4v) is 10.2. The summed E-state index contributed by atoms with van der Waals surface area (Å²) in [5.41, 5.74) is 25.8. The topological polar surface area (TPSA) is 0 Å². The van der Waals surface area contributed by atoms with Crippen LogP contribution in [0.2, 0.25) is 0 Å². The fraction of sp³-hybridized carbons (Fsp3) is 0. The Bertz CT molecular complexity index is 3680. The summed E-state index contributed by atoms with van der Waals surface area (Å²) >= 11 is 0. The van der Waals surface area contributed by atoms with Gasteiger partial charge >= 0.3 is 0 Å². The van der Waals surface area contributed by atoms with Gasteiger partial charge in [-0.05, 0) is 186 Å². The first kappa shape index (κ1) is 48.5. The van der Waals surface area contributed by atoms with Crippen molar-refractivity contribution in [2.75, 3.05) is 0 Å². The highest BCUT2D eigenvalue weighted by Gasteiger charge is 2.08. The minimum Gasteiger partial charge on any atom is -0.0616 e. The molecule has 0 N–H and O–H groups in total. The Labute approximate surface area is 469 Å². The molecule has 0 spiro atoms. The molecule has 368 valence electrons. The van der Waals surface area contributed by atoms with E-state index in [4.69, 9.17) is 0 Å². The van der Waals surface area contributed by atoms with Crippen molar-refractivity contribution in [1.82, 2.24) is 0 Å². The van der Waals surface area contributed by atoms with Crippen LogP contribution in [0.15, 0.2) is 291 Å². The highest BCUT2D eigenvalue weighted by molar-refractivity contribution is 5.77. The molecule has 0 aliphatic heterocycles. The van der Waals surface area contributed by atoms with Crippen LogP contribution in [0, 0.1) is 47.4 Å². The van der Waals surface area contributed by atoms with E-state index in [9.17, 15) is 0 Å². The van der Waals surface area contributed by atoms with Crippen molar-refractivity contribution in [1.29, 1.82) is 0 Å². The van der Waals surface area contributed by atoms with Crippen LogP contribution in [0.5, 0.6) is 0 Å². The molecular weight excluding hydrogens is 961 g/mol. The van der Waals surface area contributed by atoms with Crippen molar-refractivity contribution >= 4 is 0 Å². The molecule has 19 rings (SSSR count). The Kier molecular flexibility index (Phi) is 13.5. The van der Waals surface area contributed by atoms with Gasteiger partial charge in [0.25, 0.3) is 0 Å². The Morgan fingerprint density at radius 1 is 0.113 bits per heavy atom. The van der Waals surface area contributed by atoms with Crippen LogP contribution in [0.4, 0.5) is 0 Å². The number of hydrogen-bond donors (Lipinski definition) is 0. The van der Waals surface area contributed by atoms with Gasteiger partial charge < -0.3 is 0 Å². The third kappa shape index (κ3) is 11.2. The quantitative estimate of drug-likeness (QED) is 0.133. The standard InChI is InChI=1S/C80H48/c1-9-57-25-26-58-10-2-18-74(50-58)67-37-39-68(40-38-67)76-20-5-13-61(53-76)29-30-62-14-6-22-78(54-62)71-45-47-72(48-46-71)80-24-8-16-64(56-80)32-31-63-15-7-23-79(55-63)70-43-41-69(42-44-70)77-21-4-12-60(52-77)28-27-59-11-3-19-75(51-59)66-35-33-65(34-36-66)73(17-1)49-57/h1-24,33-56H. The van der Waals surface area contributed by atoms with Crippen molar-refractivity contribution < 1.29 is 0 Å². The normalized spacial score (nSPS) is 11.0. The van der Waals surface area contributed by atoms with E-state index < -0.39 is 0 Å². The smallest absolute Gasteiger partial charge is 0.0255 e. The van der Waals surface area contributed by atoms with Crippen molar-refractivity contribution in [3.8, 4) is 136 Å². The number of rotatable bonds is 0. The second-order valence-corrected chi connectivity index (χ2v) is 20.0. The Morgan fingerprint density at radius 3 is 0.338 bits per heavy atom. The zero-order chi connectivity index (χ0) is 53.5. The molecular formula is C80H48. The van der Waals surface area contributed by atoms with Crippen LogP contribution in [0.3, 0.4) is 0 Å². The molecule has 24 bridgehead atoms. The van der Waals surface area contributed by atoms with E-state index in [1.54, 1.807) is 0 Å². The molecule has 7 aliphatic rings. The zero-order valence-electron chi connectivity index (χ0n) is 43.7. The number of benzene rings is 12. The van der Waals surface area contributed by atoms with Crippen molar-refractivity contribution in [3.05, 3.63) is 336 Å². The Balaban J connectivity index is 0.807. The molecule has 0 amide bonds. The average molecular weight is 1010 g/mol. The second-order valence-electron chi connectivity index (χ2n) is 20.0. The molecule has 0 nitrogen and oxygen atoms in total. The van der Waals surface area contributed by atoms with Crippen LogP contribution in [0.1, 0.15) is 44.5 Å². The molecule has 0 saturated carbocycles. The van der Waals surface area contributed by atoms with Crippen LogP contribution in [-0.4, -0.2) is 0 Å². The van der Waals surface area contributed by atoms with Crippen LogP contribution in [-0.2, 0) is 0 Å². The van der Waals surface area contributed by atoms with Crippen LogP contribution < -0.4 is 0 Å². The van der Waals surface area contributed by atoms with Gasteiger partial charge in [0.2, 0.25) is 0 Å². The third-order valence-electron chi connectivity index (χ3n) is 14.5. The first-order chi connectivity index (χ1) is 39.5. The highest BCUT2D eigenvalue weighted by atomic mass is 14.1. The average Bonchev–Trinajstić information content (AvgIpc) is 3.54. The minimum absolute atomic E-state index is 0.965. The lowest BCUT2D eigenvalue weighted by Crippen LogP contribution is -1.85. The summed E-state index contributed by atoms with van der Waals surface area (Å²) in [4.78, 5) is 0. The predicted molar refractivity (Wildman–Crippen MR) is 333 cm³/mol. The molecule has 0 unspecified atom stereocenters. The van der Waals surface area contributed by atoms with E-state index in [1.807, 2.05) is 0 Å². The van der Waals surface area contributed by atoms with E-state index >= 15 is 0 Å². The van der Waals surface area contributed by atoms with E-state index in [0.717, 1.165) is 134 Å². The van der Waals surface area contributed by atoms with Gasteiger partial charge in [0.05, 0.1) is 0 Å². The van der Waals surface area contributed by atoms with Crippen LogP contribution in [0.25, 0.3) is 89.0 Å². The molecule has 0 heterocycles. The molecule has 0 heteroatoms. The summed E-state index contributed by atoms with van der Waals surface area (Å²) in [6.45, 7) is 0. The van der Waals surface area contributed by atoms with Gasteiger partial charge in [-0.15, -0.1) is 0 Å². The summed E-state index contributed by atoms with van der Waals surface area (Å²) in [5.74, 6) is 27.5. The Morgan fingerprint density at radius 2 is 0.225 bits per heavy atom. The summed E-state index contributed by atoms with van der Waals surface area (Å²) in [5, 5.41) is 0. The lowest BCUT2D eigenvalue weighted by molar-refractivity contribution is 1.55. The van der Waals surface area contributed by atoms with E-state index in [-0.39, 0.29) is 0 Å². The lowest BCUT2D eigenvalue weighted by Gasteiger charge is -2.07. The van der Waals surface area contributed by atoms with Gasteiger partial charge in [0, 0.05) is 44.5 Å². The van der Waals surface area contributed by atoms with E-state index in [0.29, 0.717) is 0 Å². The molecule has 7 aliphatic carbocycles. The highest BCUT2D eigenvalue weighted by Crippen LogP contribution is 2.31. The van der Waals surface area contributed by atoms with Crippen molar-refractivity contribution in [2.45, 2.75) is 0 Å². The maximum Gasteiger partial charge on any atom is 0.0255 e. The van der Waals surface area contributed by atoms with Gasteiger partial charge in [-0.25, -0.2) is 0 Å². The fourth-order valence-electron chi connectivity index (χ4n) is 10.2. The first-order valence-electron chi connectivity index (χ1n) is 26.9. The van der Waals surface area contributed by atoms with Crippen molar-refractivity contribution in [2.24, 2.45) is 0 Å². The molecule has 0 radical (unpaired) electrons. The van der Waals surface area contributed by atoms with Crippen LogP contribution >= 0.6 is 0 Å². The predicted octanol–water partition coefficient (Wildman–Crippen LogP) is 18.9. The minimum atomic E-state index is 0.965. The SMILES string of the molecule is C1#Cc2cccc(c2)-c2ccc(cc2)-c2cccc(c2)C#Cc2cccc(c2)-c2ccc(cc2)-c2cccc(c2)C#Cc2cccc(c2)-c2ccc(cc2)-c2cccc(c2)C#Cc2cccc(c2)-c2ccc(cc2)-c2cccc1c2. The second kappa shape index (κ2) is 22.2. The third-order valence-corrected chi connectivity index (χ3v) is 14.5. The largest absolute Gasteiger partial charge is 0.0616 e. The molecule has 0 aromatic heterocycles. The summed E-state index contributed by atoms with van der Waals surface area (Å²) in [7, 11) is 0. The molecule has 12 aromatic rings.